The monoisotopic (exact) mass is 251 g/mol. The minimum atomic E-state index is -0.283. The van der Waals surface area contributed by atoms with Gasteiger partial charge in [0.1, 0.15) is 5.82 Å². The number of benzene rings is 1. The van der Waals surface area contributed by atoms with Crippen LogP contribution in [0.15, 0.2) is 18.2 Å². The first-order valence-electron chi connectivity index (χ1n) is 6.49. The minimum absolute atomic E-state index is 0.0323. The zero-order valence-corrected chi connectivity index (χ0v) is 10.9. The second-order valence-electron chi connectivity index (χ2n) is 5.04. The van der Waals surface area contributed by atoms with Crippen molar-refractivity contribution in [2.75, 3.05) is 18.4 Å². The number of amides is 1. The Labute approximate surface area is 107 Å². The molecule has 98 valence electrons. The van der Waals surface area contributed by atoms with Gasteiger partial charge in [-0.05, 0) is 31.5 Å². The summed E-state index contributed by atoms with van der Waals surface area (Å²) in [5, 5.41) is 2.79. The van der Waals surface area contributed by atoms with E-state index >= 15 is 0 Å². The van der Waals surface area contributed by atoms with Gasteiger partial charge in [-0.2, -0.15) is 0 Å². The predicted molar refractivity (Wildman–Crippen MR) is 69.2 cm³/mol. The normalized spacial score (nSPS) is 17.7. The van der Waals surface area contributed by atoms with Crippen LogP contribution in [-0.4, -0.2) is 25.0 Å². The molecule has 0 bridgehead atoms. The Balaban J connectivity index is 1.99. The standard InChI is InChI=1S/C14H19FN2O/c1-10-5-6-12(9-13(10)15)16-14(18)11(2)17-7-3-4-8-17/h5-6,9,11H,3-4,7-8H2,1-2H3,(H,16,18)/p+1/t11-/m1/s1. The van der Waals surface area contributed by atoms with Crippen molar-refractivity contribution in [3.63, 3.8) is 0 Å². The lowest BCUT2D eigenvalue weighted by Crippen LogP contribution is -3.14. The average Bonchev–Trinajstić information content (AvgIpc) is 2.86. The van der Waals surface area contributed by atoms with E-state index in [1.54, 1.807) is 19.1 Å². The van der Waals surface area contributed by atoms with E-state index in [4.69, 9.17) is 0 Å². The molecule has 0 aliphatic carbocycles. The first-order valence-corrected chi connectivity index (χ1v) is 6.49. The van der Waals surface area contributed by atoms with Crippen LogP contribution >= 0.6 is 0 Å². The van der Waals surface area contributed by atoms with Gasteiger partial charge in [0, 0.05) is 18.5 Å². The van der Waals surface area contributed by atoms with Gasteiger partial charge in [0.05, 0.1) is 13.1 Å². The summed E-state index contributed by atoms with van der Waals surface area (Å²) in [5.74, 6) is -0.316. The number of anilines is 1. The van der Waals surface area contributed by atoms with Gasteiger partial charge in [-0.25, -0.2) is 4.39 Å². The Hall–Kier alpha value is -1.42. The second-order valence-corrected chi connectivity index (χ2v) is 5.04. The molecule has 1 amide bonds. The van der Waals surface area contributed by atoms with Crippen molar-refractivity contribution in [2.45, 2.75) is 32.7 Å². The number of hydrogen-bond donors (Lipinski definition) is 2. The van der Waals surface area contributed by atoms with E-state index < -0.39 is 0 Å². The maximum Gasteiger partial charge on any atom is 0.282 e. The van der Waals surface area contributed by atoms with Gasteiger partial charge in [-0.1, -0.05) is 6.07 Å². The molecule has 0 spiro atoms. The van der Waals surface area contributed by atoms with Gasteiger partial charge in [0.15, 0.2) is 6.04 Å². The third-order valence-electron chi connectivity index (χ3n) is 3.69. The molecule has 1 fully saturated rings. The molecule has 2 rings (SSSR count). The van der Waals surface area contributed by atoms with Crippen LogP contribution in [-0.2, 0) is 4.79 Å². The van der Waals surface area contributed by atoms with Crippen LogP contribution in [0.2, 0.25) is 0 Å². The number of likely N-dealkylation sites (tertiary alicyclic amines) is 1. The van der Waals surface area contributed by atoms with Crippen molar-refractivity contribution >= 4 is 11.6 Å². The van der Waals surface area contributed by atoms with Crippen LogP contribution < -0.4 is 10.2 Å². The van der Waals surface area contributed by atoms with Crippen LogP contribution in [0.1, 0.15) is 25.3 Å². The molecule has 0 saturated carbocycles. The smallest absolute Gasteiger partial charge is 0.282 e. The third kappa shape index (κ3) is 2.88. The van der Waals surface area contributed by atoms with E-state index in [0.29, 0.717) is 11.3 Å². The number of quaternary nitrogens is 1. The van der Waals surface area contributed by atoms with Gasteiger partial charge in [-0.3, -0.25) is 4.79 Å². The Morgan fingerprint density at radius 3 is 2.67 bits per heavy atom. The molecule has 1 aromatic carbocycles. The third-order valence-corrected chi connectivity index (χ3v) is 3.69. The summed E-state index contributed by atoms with van der Waals surface area (Å²) in [6.45, 7) is 5.74. The number of carbonyl (C=O) groups is 1. The molecule has 1 aromatic rings. The SMILES string of the molecule is Cc1ccc(NC(=O)[C@@H](C)[NH+]2CCCC2)cc1F. The fraction of sp³-hybridized carbons (Fsp3) is 0.500. The highest BCUT2D eigenvalue weighted by atomic mass is 19.1. The van der Waals surface area contributed by atoms with Gasteiger partial charge in [0.25, 0.3) is 5.91 Å². The van der Waals surface area contributed by atoms with Crippen LogP contribution in [0, 0.1) is 12.7 Å². The van der Waals surface area contributed by atoms with Gasteiger partial charge in [0.2, 0.25) is 0 Å². The number of carbonyl (C=O) groups excluding carboxylic acids is 1. The molecule has 0 radical (unpaired) electrons. The Bertz CT molecular complexity index is 441. The second kappa shape index (κ2) is 5.48. The van der Waals surface area contributed by atoms with E-state index in [0.717, 1.165) is 13.1 Å². The molecule has 0 unspecified atom stereocenters. The molecule has 2 N–H and O–H groups in total. The van der Waals surface area contributed by atoms with Crippen molar-refractivity contribution in [3.8, 4) is 0 Å². The zero-order valence-electron chi connectivity index (χ0n) is 10.9. The number of nitrogens with one attached hydrogen (secondary N) is 2. The lowest BCUT2D eigenvalue weighted by molar-refractivity contribution is -0.901. The van der Waals surface area contributed by atoms with E-state index in [2.05, 4.69) is 5.32 Å². The summed E-state index contributed by atoms with van der Waals surface area (Å²) in [6.07, 6.45) is 2.37. The maximum absolute atomic E-state index is 13.4. The Morgan fingerprint density at radius 1 is 1.39 bits per heavy atom. The van der Waals surface area contributed by atoms with E-state index in [-0.39, 0.29) is 17.8 Å². The topological polar surface area (TPSA) is 33.5 Å². The number of hydrogen-bond acceptors (Lipinski definition) is 1. The van der Waals surface area contributed by atoms with Gasteiger partial charge >= 0.3 is 0 Å². The van der Waals surface area contributed by atoms with E-state index in [1.807, 2.05) is 6.92 Å². The predicted octanol–water partition coefficient (Wildman–Crippen LogP) is 1.14. The van der Waals surface area contributed by atoms with E-state index in [1.165, 1.54) is 23.8 Å². The van der Waals surface area contributed by atoms with Crippen molar-refractivity contribution in [1.82, 2.24) is 0 Å². The number of aryl methyl sites for hydroxylation is 1. The largest absolute Gasteiger partial charge is 0.325 e. The molecule has 4 heteroatoms. The molecule has 0 aromatic heterocycles. The zero-order chi connectivity index (χ0) is 13.1. The summed E-state index contributed by atoms with van der Waals surface area (Å²) in [4.78, 5) is 13.4. The highest BCUT2D eigenvalue weighted by molar-refractivity contribution is 5.93. The molecule has 1 atom stereocenters. The molecular weight excluding hydrogens is 231 g/mol. The molecule has 1 aliphatic rings. The molecule has 1 aliphatic heterocycles. The Morgan fingerprint density at radius 2 is 2.06 bits per heavy atom. The van der Waals surface area contributed by atoms with Crippen molar-refractivity contribution in [2.24, 2.45) is 0 Å². The fourth-order valence-corrected chi connectivity index (χ4v) is 2.37. The lowest BCUT2D eigenvalue weighted by atomic mass is 10.2. The first-order chi connectivity index (χ1) is 8.58. The lowest BCUT2D eigenvalue weighted by Gasteiger charge is -2.20. The highest BCUT2D eigenvalue weighted by Gasteiger charge is 2.27. The first kappa shape index (κ1) is 13.0. The molecule has 18 heavy (non-hydrogen) atoms. The van der Waals surface area contributed by atoms with Crippen LogP contribution in [0.3, 0.4) is 0 Å². The van der Waals surface area contributed by atoms with Crippen LogP contribution in [0.5, 0.6) is 0 Å². The van der Waals surface area contributed by atoms with E-state index in [9.17, 15) is 9.18 Å². The van der Waals surface area contributed by atoms with Crippen LogP contribution in [0.25, 0.3) is 0 Å². The highest BCUT2D eigenvalue weighted by Crippen LogP contribution is 2.13. The fourth-order valence-electron chi connectivity index (χ4n) is 2.37. The molecule has 3 nitrogen and oxygen atoms in total. The minimum Gasteiger partial charge on any atom is -0.325 e. The maximum atomic E-state index is 13.4. The van der Waals surface area contributed by atoms with Gasteiger partial charge < -0.3 is 10.2 Å². The van der Waals surface area contributed by atoms with Crippen molar-refractivity contribution in [1.29, 1.82) is 0 Å². The molecule has 1 saturated heterocycles. The number of rotatable bonds is 3. The Kier molecular flexibility index (Phi) is 3.97. The van der Waals surface area contributed by atoms with Crippen LogP contribution in [0.4, 0.5) is 10.1 Å². The van der Waals surface area contributed by atoms with Crippen molar-refractivity contribution in [3.05, 3.63) is 29.6 Å². The average molecular weight is 251 g/mol. The summed E-state index contributed by atoms with van der Waals surface area (Å²) in [7, 11) is 0. The number of halogens is 1. The molecular formula is C14H20FN2O+. The summed E-state index contributed by atoms with van der Waals surface area (Å²) in [6, 6.07) is 4.72. The van der Waals surface area contributed by atoms with Gasteiger partial charge in [-0.15, -0.1) is 0 Å². The summed E-state index contributed by atoms with van der Waals surface area (Å²) >= 11 is 0. The summed E-state index contributed by atoms with van der Waals surface area (Å²) in [5.41, 5.74) is 1.12. The van der Waals surface area contributed by atoms with Crippen molar-refractivity contribution < 1.29 is 14.1 Å². The molecule has 1 heterocycles. The summed E-state index contributed by atoms with van der Waals surface area (Å²) < 4.78 is 13.4. The quantitative estimate of drug-likeness (QED) is 0.830.